The minimum Gasteiger partial charge on any atom is -0.274 e. The lowest BCUT2D eigenvalue weighted by Gasteiger charge is -2.37. The number of imide groups is 2. The van der Waals surface area contributed by atoms with Crippen molar-refractivity contribution in [3.05, 3.63) is 57.8 Å². The molecule has 25 heavy (non-hydrogen) atoms. The molecule has 1 atom stereocenters. The highest BCUT2D eigenvalue weighted by Gasteiger charge is 2.44. The average molecular weight is 355 g/mol. The molecule has 1 saturated heterocycles. The van der Waals surface area contributed by atoms with E-state index in [4.69, 9.17) is 0 Å². The van der Waals surface area contributed by atoms with Crippen molar-refractivity contribution in [1.29, 1.82) is 0 Å². The standard InChI is InChI=1S/C18H17N3O3S/c1-19-16(22)17(23)21(18(19)24)11-20-9-7-14-13(8-10-25-14)15(20)12-5-3-2-4-6-12/h2-6,8,10,15H,7,9,11H2,1H3/t15-/m1/s1. The minimum atomic E-state index is -0.769. The largest absolute Gasteiger partial charge is 0.335 e. The lowest BCUT2D eigenvalue weighted by Crippen LogP contribution is -2.46. The Bertz CT molecular complexity index is 848. The first-order valence-electron chi connectivity index (χ1n) is 8.06. The van der Waals surface area contributed by atoms with Gasteiger partial charge in [0.15, 0.2) is 0 Å². The molecule has 7 heteroatoms. The molecule has 0 aliphatic carbocycles. The van der Waals surface area contributed by atoms with Crippen LogP contribution in [0.15, 0.2) is 41.8 Å². The van der Waals surface area contributed by atoms with Crippen molar-refractivity contribution in [2.75, 3.05) is 20.3 Å². The van der Waals surface area contributed by atoms with E-state index in [0.717, 1.165) is 28.3 Å². The lowest BCUT2D eigenvalue weighted by atomic mass is 9.94. The molecule has 0 radical (unpaired) electrons. The van der Waals surface area contributed by atoms with E-state index in [1.807, 2.05) is 18.2 Å². The van der Waals surface area contributed by atoms with Gasteiger partial charge < -0.3 is 0 Å². The molecule has 0 bridgehead atoms. The summed E-state index contributed by atoms with van der Waals surface area (Å²) in [5, 5.41) is 2.08. The first-order valence-corrected chi connectivity index (χ1v) is 8.94. The van der Waals surface area contributed by atoms with Crippen LogP contribution in [0.4, 0.5) is 4.79 Å². The summed E-state index contributed by atoms with van der Waals surface area (Å²) in [6, 6.07) is 11.6. The molecular weight excluding hydrogens is 338 g/mol. The van der Waals surface area contributed by atoms with Gasteiger partial charge in [-0.1, -0.05) is 30.3 Å². The number of benzene rings is 1. The minimum absolute atomic E-state index is 0.0298. The van der Waals surface area contributed by atoms with Crippen molar-refractivity contribution in [2.24, 2.45) is 0 Å². The number of likely N-dealkylation sites (N-methyl/N-ethyl adjacent to an activating group) is 1. The number of hydrogen-bond acceptors (Lipinski definition) is 5. The number of rotatable bonds is 3. The summed E-state index contributed by atoms with van der Waals surface area (Å²) in [5.74, 6) is -1.52. The fourth-order valence-corrected chi connectivity index (χ4v) is 4.37. The molecule has 6 nitrogen and oxygen atoms in total. The molecule has 4 rings (SSSR count). The number of nitrogens with zero attached hydrogens (tertiary/aromatic N) is 3. The molecule has 0 saturated carbocycles. The predicted molar refractivity (Wildman–Crippen MR) is 92.9 cm³/mol. The summed E-state index contributed by atoms with van der Waals surface area (Å²) in [5.41, 5.74) is 2.32. The van der Waals surface area contributed by atoms with E-state index >= 15 is 0 Å². The van der Waals surface area contributed by atoms with Gasteiger partial charge in [0, 0.05) is 18.5 Å². The van der Waals surface area contributed by atoms with Gasteiger partial charge in [0.25, 0.3) is 0 Å². The second-order valence-corrected chi connectivity index (χ2v) is 7.20. The zero-order valence-electron chi connectivity index (χ0n) is 13.7. The predicted octanol–water partition coefficient (Wildman–Crippen LogP) is 2.07. The van der Waals surface area contributed by atoms with Gasteiger partial charge in [-0.25, -0.2) is 9.69 Å². The SMILES string of the molecule is CN1C(=O)C(=O)N(CN2CCc3sccc3[C@H]2c2ccccc2)C1=O. The Morgan fingerprint density at radius 1 is 1.08 bits per heavy atom. The van der Waals surface area contributed by atoms with Crippen LogP contribution in [-0.2, 0) is 16.0 Å². The topological polar surface area (TPSA) is 60.9 Å². The first kappa shape index (κ1) is 16.0. The van der Waals surface area contributed by atoms with Gasteiger partial charge in [-0.2, -0.15) is 0 Å². The Kier molecular flexibility index (Phi) is 3.89. The number of urea groups is 1. The van der Waals surface area contributed by atoms with E-state index in [0.29, 0.717) is 0 Å². The summed E-state index contributed by atoms with van der Waals surface area (Å²) in [6.45, 7) is 0.838. The Balaban J connectivity index is 1.68. The Morgan fingerprint density at radius 2 is 1.84 bits per heavy atom. The van der Waals surface area contributed by atoms with Gasteiger partial charge >= 0.3 is 17.8 Å². The number of amides is 4. The summed E-state index contributed by atoms with van der Waals surface area (Å²) >= 11 is 1.73. The second kappa shape index (κ2) is 6.09. The highest BCUT2D eigenvalue weighted by atomic mass is 32.1. The second-order valence-electron chi connectivity index (χ2n) is 6.20. The number of thiophene rings is 1. The summed E-state index contributed by atoms with van der Waals surface area (Å²) in [7, 11) is 1.34. The number of carbonyl (C=O) groups is 3. The van der Waals surface area contributed by atoms with Crippen LogP contribution < -0.4 is 0 Å². The summed E-state index contributed by atoms with van der Waals surface area (Å²) < 4.78 is 0. The number of fused-ring (bicyclic) bond motifs is 1. The van der Waals surface area contributed by atoms with Crippen LogP contribution in [0.3, 0.4) is 0 Å². The molecule has 3 heterocycles. The van der Waals surface area contributed by atoms with Crippen LogP contribution in [0.5, 0.6) is 0 Å². The zero-order valence-corrected chi connectivity index (χ0v) is 14.5. The van der Waals surface area contributed by atoms with Gasteiger partial charge in [0.05, 0.1) is 12.7 Å². The van der Waals surface area contributed by atoms with Crippen molar-refractivity contribution in [3.8, 4) is 0 Å². The van der Waals surface area contributed by atoms with Gasteiger partial charge in [0.2, 0.25) is 0 Å². The van der Waals surface area contributed by atoms with Crippen LogP contribution >= 0.6 is 11.3 Å². The van der Waals surface area contributed by atoms with Crippen LogP contribution in [0, 0.1) is 0 Å². The van der Waals surface area contributed by atoms with Crippen molar-refractivity contribution in [1.82, 2.24) is 14.7 Å². The number of hydrogen-bond donors (Lipinski definition) is 0. The van der Waals surface area contributed by atoms with Crippen molar-refractivity contribution >= 4 is 29.2 Å². The van der Waals surface area contributed by atoms with Gasteiger partial charge in [-0.05, 0) is 29.0 Å². The third-order valence-corrected chi connectivity index (χ3v) is 5.75. The Hall–Kier alpha value is -2.51. The third-order valence-electron chi connectivity index (χ3n) is 4.75. The van der Waals surface area contributed by atoms with Crippen LogP contribution in [-0.4, -0.2) is 52.8 Å². The molecule has 128 valence electrons. The van der Waals surface area contributed by atoms with E-state index < -0.39 is 17.8 Å². The molecule has 1 fully saturated rings. The molecule has 4 amide bonds. The highest BCUT2D eigenvalue weighted by Crippen LogP contribution is 2.37. The first-order chi connectivity index (χ1) is 12.1. The quantitative estimate of drug-likeness (QED) is 0.625. The van der Waals surface area contributed by atoms with Crippen molar-refractivity contribution in [3.63, 3.8) is 0 Å². The maximum absolute atomic E-state index is 12.2. The van der Waals surface area contributed by atoms with Crippen LogP contribution in [0.25, 0.3) is 0 Å². The van der Waals surface area contributed by atoms with Gasteiger partial charge in [0.1, 0.15) is 0 Å². The fourth-order valence-electron chi connectivity index (χ4n) is 3.47. The van der Waals surface area contributed by atoms with Crippen molar-refractivity contribution < 1.29 is 14.4 Å². The summed E-state index contributed by atoms with van der Waals surface area (Å²) in [6.07, 6.45) is 0.871. The molecule has 2 aliphatic rings. The van der Waals surface area contributed by atoms with Crippen molar-refractivity contribution in [2.45, 2.75) is 12.5 Å². The Labute approximate surface area is 149 Å². The molecule has 0 unspecified atom stereocenters. The Morgan fingerprint density at radius 3 is 2.52 bits per heavy atom. The zero-order chi connectivity index (χ0) is 17.6. The summed E-state index contributed by atoms with van der Waals surface area (Å²) in [4.78, 5) is 41.5. The average Bonchev–Trinajstić information content (AvgIpc) is 3.18. The highest BCUT2D eigenvalue weighted by molar-refractivity contribution is 7.10. The molecule has 1 aromatic heterocycles. The molecule has 2 aromatic rings. The van der Waals surface area contributed by atoms with E-state index in [9.17, 15) is 14.4 Å². The smallest absolute Gasteiger partial charge is 0.274 e. The maximum Gasteiger partial charge on any atom is 0.335 e. The third kappa shape index (κ3) is 2.56. The molecular formula is C18H17N3O3S. The van der Waals surface area contributed by atoms with Crippen LogP contribution in [0.2, 0.25) is 0 Å². The maximum atomic E-state index is 12.2. The lowest BCUT2D eigenvalue weighted by molar-refractivity contribution is -0.143. The molecule has 2 aliphatic heterocycles. The van der Waals surface area contributed by atoms with Gasteiger partial charge in [-0.3, -0.25) is 19.4 Å². The fraction of sp³-hybridized carbons (Fsp3) is 0.278. The number of carbonyl (C=O) groups excluding carboxylic acids is 3. The van der Waals surface area contributed by atoms with E-state index in [1.165, 1.54) is 17.5 Å². The monoisotopic (exact) mass is 355 g/mol. The molecule has 0 N–H and O–H groups in total. The van der Waals surface area contributed by atoms with E-state index in [2.05, 4.69) is 28.5 Å². The molecule has 0 spiro atoms. The van der Waals surface area contributed by atoms with Gasteiger partial charge in [-0.15, -0.1) is 11.3 Å². The van der Waals surface area contributed by atoms with E-state index in [-0.39, 0.29) is 12.7 Å². The van der Waals surface area contributed by atoms with Crippen LogP contribution in [0.1, 0.15) is 22.0 Å². The normalized spacial score (nSPS) is 21.2. The molecule has 1 aromatic carbocycles. The van der Waals surface area contributed by atoms with E-state index in [1.54, 1.807) is 11.3 Å².